The van der Waals surface area contributed by atoms with Crippen molar-refractivity contribution < 1.29 is 9.66 Å². The summed E-state index contributed by atoms with van der Waals surface area (Å²) in [5.41, 5.74) is -0.177. The summed E-state index contributed by atoms with van der Waals surface area (Å²) in [6.07, 6.45) is 3.22. The van der Waals surface area contributed by atoms with Gasteiger partial charge in [0.25, 0.3) is 5.88 Å². The first-order valence-electron chi connectivity index (χ1n) is 7.48. The molecule has 0 saturated heterocycles. The summed E-state index contributed by atoms with van der Waals surface area (Å²) >= 11 is 0. The molecule has 0 aliphatic rings. The van der Waals surface area contributed by atoms with Crippen LogP contribution >= 0.6 is 0 Å². The van der Waals surface area contributed by atoms with Crippen molar-refractivity contribution in [3.8, 4) is 5.88 Å². The third kappa shape index (κ3) is 4.84. The maximum absolute atomic E-state index is 11.4. The first kappa shape index (κ1) is 17.1. The average molecular weight is 296 g/mol. The first-order valence-corrected chi connectivity index (χ1v) is 7.48. The van der Waals surface area contributed by atoms with Gasteiger partial charge in [0.15, 0.2) is 0 Å². The minimum atomic E-state index is -0.481. The zero-order chi connectivity index (χ0) is 15.8. The van der Waals surface area contributed by atoms with E-state index in [0.29, 0.717) is 18.9 Å². The second-order valence-electron chi connectivity index (χ2n) is 4.91. The molecular weight excluding hydrogens is 272 g/mol. The number of anilines is 1. The predicted molar refractivity (Wildman–Crippen MR) is 81.8 cm³/mol. The summed E-state index contributed by atoms with van der Waals surface area (Å²) in [5.74, 6) is 0.844. The molecule has 1 atom stereocenters. The van der Waals surface area contributed by atoms with Crippen molar-refractivity contribution in [1.82, 2.24) is 9.97 Å². The predicted octanol–water partition coefficient (Wildman–Crippen LogP) is 3.34. The highest BCUT2D eigenvalue weighted by Gasteiger charge is 2.26. The smallest absolute Gasteiger partial charge is 0.372 e. The molecule has 1 aromatic heterocycles. The molecule has 0 spiro atoms. The van der Waals surface area contributed by atoms with E-state index < -0.39 is 4.92 Å². The average Bonchev–Trinajstić information content (AvgIpc) is 2.46. The number of hydrogen-bond acceptors (Lipinski definition) is 6. The molecule has 7 heteroatoms. The molecule has 0 aliphatic carbocycles. The van der Waals surface area contributed by atoms with Crippen molar-refractivity contribution in [2.45, 2.75) is 59.4 Å². The Balaban J connectivity index is 3.18. The number of nitrogens with zero attached hydrogens (tertiary/aromatic N) is 3. The van der Waals surface area contributed by atoms with Crippen LogP contribution in [0.2, 0.25) is 0 Å². The topological polar surface area (TPSA) is 90.2 Å². The van der Waals surface area contributed by atoms with Crippen LogP contribution in [0.25, 0.3) is 0 Å². The van der Waals surface area contributed by atoms with Crippen LogP contribution in [0.3, 0.4) is 0 Å². The zero-order valence-corrected chi connectivity index (χ0v) is 13.2. The van der Waals surface area contributed by atoms with Crippen LogP contribution in [0, 0.1) is 10.1 Å². The van der Waals surface area contributed by atoms with Crippen LogP contribution in [0.1, 0.15) is 52.8 Å². The van der Waals surface area contributed by atoms with Gasteiger partial charge in [0.05, 0.1) is 11.5 Å². The van der Waals surface area contributed by atoms with Gasteiger partial charge in [0.1, 0.15) is 5.82 Å². The molecule has 7 nitrogen and oxygen atoms in total. The molecule has 1 rings (SSSR count). The Kier molecular flexibility index (Phi) is 6.84. The van der Waals surface area contributed by atoms with E-state index in [1.54, 1.807) is 0 Å². The van der Waals surface area contributed by atoms with Gasteiger partial charge in [-0.1, -0.05) is 27.2 Å². The molecule has 21 heavy (non-hydrogen) atoms. The summed E-state index contributed by atoms with van der Waals surface area (Å²) in [6, 6.07) is 0.0896. The zero-order valence-electron chi connectivity index (χ0n) is 13.2. The van der Waals surface area contributed by atoms with E-state index in [4.69, 9.17) is 4.74 Å². The number of hydrogen-bond donors (Lipinski definition) is 1. The Morgan fingerprint density at radius 1 is 1.33 bits per heavy atom. The van der Waals surface area contributed by atoms with Crippen LogP contribution < -0.4 is 10.1 Å². The number of unbranched alkanes of at least 4 members (excludes halogenated alkanes) is 1. The molecule has 1 unspecified atom stereocenters. The first-order chi connectivity index (χ1) is 10.0. The van der Waals surface area contributed by atoms with Gasteiger partial charge in [-0.05, 0) is 19.8 Å². The Labute approximate surface area is 125 Å². The highest BCUT2D eigenvalue weighted by molar-refractivity contribution is 5.62. The van der Waals surface area contributed by atoms with Gasteiger partial charge in [-0.25, -0.2) is 4.98 Å². The third-order valence-corrected chi connectivity index (χ3v) is 3.13. The molecular formula is C14H24N4O3. The standard InChI is InChI=1S/C14H24N4O3/c1-5-8-9-21-14-12(18(19)20)13(15-10(4)6-2)16-11(7-3)17-14/h10H,5-9H2,1-4H3,(H,15,16,17). The van der Waals surface area contributed by atoms with Crippen molar-refractivity contribution in [3.05, 3.63) is 15.9 Å². The Bertz CT molecular complexity index is 480. The van der Waals surface area contributed by atoms with Crippen LogP contribution in [-0.2, 0) is 6.42 Å². The molecule has 0 aliphatic heterocycles. The van der Waals surface area contributed by atoms with E-state index in [9.17, 15) is 10.1 Å². The minimum absolute atomic E-state index is 0.0612. The van der Waals surface area contributed by atoms with Gasteiger partial charge >= 0.3 is 5.69 Å². The van der Waals surface area contributed by atoms with Gasteiger partial charge in [-0.2, -0.15) is 4.98 Å². The molecule has 118 valence electrons. The maximum atomic E-state index is 11.4. The molecule has 0 fully saturated rings. The molecule has 1 N–H and O–H groups in total. The van der Waals surface area contributed by atoms with E-state index in [1.165, 1.54) is 0 Å². The lowest BCUT2D eigenvalue weighted by Gasteiger charge is -2.14. The van der Waals surface area contributed by atoms with E-state index in [1.807, 2.05) is 27.7 Å². The summed E-state index contributed by atoms with van der Waals surface area (Å²) in [7, 11) is 0. The van der Waals surface area contributed by atoms with Crippen molar-refractivity contribution in [2.24, 2.45) is 0 Å². The van der Waals surface area contributed by atoms with E-state index in [0.717, 1.165) is 19.3 Å². The SMILES string of the molecule is CCCCOc1nc(CC)nc(NC(C)CC)c1[N+](=O)[O-]. The van der Waals surface area contributed by atoms with Crippen LogP contribution in [0.15, 0.2) is 0 Å². The number of nitro groups is 1. The fourth-order valence-electron chi connectivity index (χ4n) is 1.65. The highest BCUT2D eigenvalue weighted by atomic mass is 16.6. The maximum Gasteiger partial charge on any atom is 0.372 e. The molecule has 0 aromatic carbocycles. The lowest BCUT2D eigenvalue weighted by atomic mass is 10.2. The second kappa shape index (κ2) is 8.39. The van der Waals surface area contributed by atoms with Gasteiger partial charge in [0, 0.05) is 12.5 Å². The number of nitrogens with one attached hydrogen (secondary N) is 1. The molecule has 0 saturated carbocycles. The fourth-order valence-corrected chi connectivity index (χ4v) is 1.65. The lowest BCUT2D eigenvalue weighted by Crippen LogP contribution is -2.18. The quantitative estimate of drug-likeness (QED) is 0.427. The Morgan fingerprint density at radius 3 is 2.57 bits per heavy atom. The molecule has 1 aromatic rings. The largest absolute Gasteiger partial charge is 0.473 e. The normalized spacial score (nSPS) is 12.0. The fraction of sp³-hybridized carbons (Fsp3) is 0.714. The van der Waals surface area contributed by atoms with Crippen molar-refractivity contribution >= 4 is 11.5 Å². The van der Waals surface area contributed by atoms with Crippen molar-refractivity contribution in [2.75, 3.05) is 11.9 Å². The number of aromatic nitrogens is 2. The Morgan fingerprint density at radius 2 is 2.05 bits per heavy atom. The summed E-state index contributed by atoms with van der Waals surface area (Å²) in [4.78, 5) is 19.3. The van der Waals surface area contributed by atoms with Crippen LogP contribution in [0.5, 0.6) is 5.88 Å². The second-order valence-corrected chi connectivity index (χ2v) is 4.91. The molecule has 1 heterocycles. The summed E-state index contributed by atoms with van der Waals surface area (Å²) in [6.45, 7) is 8.31. The van der Waals surface area contributed by atoms with Crippen LogP contribution in [-0.4, -0.2) is 27.5 Å². The number of ether oxygens (including phenoxy) is 1. The summed E-state index contributed by atoms with van der Waals surface area (Å²) in [5, 5.41) is 14.4. The molecule has 0 amide bonds. The number of aryl methyl sites for hydroxylation is 1. The van der Waals surface area contributed by atoms with E-state index in [2.05, 4.69) is 15.3 Å². The minimum Gasteiger partial charge on any atom is -0.473 e. The Hall–Kier alpha value is -1.92. The highest BCUT2D eigenvalue weighted by Crippen LogP contribution is 2.32. The van der Waals surface area contributed by atoms with E-state index in [-0.39, 0.29) is 23.4 Å². The van der Waals surface area contributed by atoms with Crippen LogP contribution in [0.4, 0.5) is 11.5 Å². The van der Waals surface area contributed by atoms with Gasteiger partial charge in [0.2, 0.25) is 5.82 Å². The van der Waals surface area contributed by atoms with Gasteiger partial charge in [-0.3, -0.25) is 10.1 Å². The van der Waals surface area contributed by atoms with Gasteiger partial charge < -0.3 is 10.1 Å². The summed E-state index contributed by atoms with van der Waals surface area (Å²) < 4.78 is 5.50. The molecule has 0 bridgehead atoms. The lowest BCUT2D eigenvalue weighted by molar-refractivity contribution is -0.385. The number of rotatable bonds is 9. The van der Waals surface area contributed by atoms with Crippen molar-refractivity contribution in [1.29, 1.82) is 0 Å². The van der Waals surface area contributed by atoms with E-state index >= 15 is 0 Å². The van der Waals surface area contributed by atoms with Crippen molar-refractivity contribution in [3.63, 3.8) is 0 Å². The molecule has 0 radical (unpaired) electrons. The monoisotopic (exact) mass is 296 g/mol. The van der Waals surface area contributed by atoms with Gasteiger partial charge in [-0.15, -0.1) is 0 Å². The third-order valence-electron chi connectivity index (χ3n) is 3.13.